The summed E-state index contributed by atoms with van der Waals surface area (Å²) in [6, 6.07) is 3.76. The molecule has 2 aliphatic heterocycles. The molecule has 2 aliphatic rings. The van der Waals surface area contributed by atoms with Gasteiger partial charge >= 0.3 is 0 Å². The number of rotatable bonds is 1. The van der Waals surface area contributed by atoms with Crippen LogP contribution in [0.3, 0.4) is 0 Å². The average Bonchev–Trinajstić information content (AvgIpc) is 2.32. The number of hydrogen-bond donors (Lipinski definition) is 1. The van der Waals surface area contributed by atoms with Crippen LogP contribution in [0.25, 0.3) is 0 Å². The zero-order valence-electron chi connectivity index (χ0n) is 6.71. The molecule has 2 heteroatoms. The third-order valence-corrected chi connectivity index (χ3v) is 2.95. The second-order valence-corrected chi connectivity index (χ2v) is 3.84. The van der Waals surface area contributed by atoms with E-state index in [1.54, 1.807) is 0 Å². The first-order valence-corrected chi connectivity index (χ1v) is 4.51. The lowest BCUT2D eigenvalue weighted by atomic mass is 9.90. The summed E-state index contributed by atoms with van der Waals surface area (Å²) in [6.45, 7) is 0. The molecule has 0 aliphatic carbocycles. The van der Waals surface area contributed by atoms with Crippen molar-refractivity contribution in [2.24, 2.45) is 5.92 Å². The molecule has 1 unspecified atom stereocenters. The Hall–Kier alpha value is -0.550. The van der Waals surface area contributed by atoms with Gasteiger partial charge in [0.15, 0.2) is 0 Å². The van der Waals surface area contributed by atoms with Crippen molar-refractivity contribution >= 4 is 0 Å². The maximum absolute atomic E-state index is 8.54. The normalized spacial score (nSPS) is 41.9. The topological polar surface area (TPSA) is 35.8 Å². The van der Waals surface area contributed by atoms with Crippen LogP contribution in [-0.2, 0) is 0 Å². The molecule has 2 rings (SSSR count). The van der Waals surface area contributed by atoms with Crippen LogP contribution in [0.2, 0.25) is 0 Å². The van der Waals surface area contributed by atoms with E-state index in [0.717, 1.165) is 18.5 Å². The summed E-state index contributed by atoms with van der Waals surface area (Å²) in [4.78, 5) is 0. The van der Waals surface area contributed by atoms with Gasteiger partial charge in [-0.2, -0.15) is 5.26 Å². The van der Waals surface area contributed by atoms with Crippen molar-refractivity contribution in [2.75, 3.05) is 0 Å². The number of fused-ring (bicyclic) bond motifs is 2. The molecule has 0 radical (unpaired) electrons. The van der Waals surface area contributed by atoms with E-state index < -0.39 is 0 Å². The van der Waals surface area contributed by atoms with E-state index in [0.29, 0.717) is 5.92 Å². The van der Waals surface area contributed by atoms with Gasteiger partial charge in [-0.05, 0) is 31.6 Å². The Bertz CT molecular complexity index is 170. The molecule has 0 saturated carbocycles. The Kier molecular flexibility index (Phi) is 1.83. The summed E-state index contributed by atoms with van der Waals surface area (Å²) in [5, 5.41) is 12.1. The Balaban J connectivity index is 1.93. The molecular weight excluding hydrogens is 136 g/mol. The van der Waals surface area contributed by atoms with Crippen LogP contribution in [0.4, 0.5) is 0 Å². The molecular formula is C9H14N2. The van der Waals surface area contributed by atoms with E-state index >= 15 is 0 Å². The smallest absolute Gasteiger partial charge is 0.0624 e. The van der Waals surface area contributed by atoms with Crippen molar-refractivity contribution in [3.63, 3.8) is 0 Å². The molecule has 2 nitrogen and oxygen atoms in total. The molecule has 0 amide bonds. The minimum Gasteiger partial charge on any atom is -0.311 e. The molecule has 0 aromatic carbocycles. The molecule has 2 saturated heterocycles. The number of nitrogens with one attached hydrogen (secondary N) is 1. The van der Waals surface area contributed by atoms with Crippen molar-refractivity contribution in [3.05, 3.63) is 0 Å². The highest BCUT2D eigenvalue weighted by atomic mass is 15.0. The highest BCUT2D eigenvalue weighted by Crippen LogP contribution is 2.32. The van der Waals surface area contributed by atoms with Gasteiger partial charge in [-0.25, -0.2) is 0 Å². The van der Waals surface area contributed by atoms with Gasteiger partial charge in [0.05, 0.1) is 6.07 Å². The highest BCUT2D eigenvalue weighted by molar-refractivity contribution is 4.94. The van der Waals surface area contributed by atoms with Gasteiger partial charge in [0.1, 0.15) is 0 Å². The largest absolute Gasteiger partial charge is 0.311 e. The maximum Gasteiger partial charge on any atom is 0.0624 e. The van der Waals surface area contributed by atoms with Crippen molar-refractivity contribution in [1.82, 2.24) is 5.32 Å². The Morgan fingerprint density at radius 1 is 1.27 bits per heavy atom. The lowest BCUT2D eigenvalue weighted by Crippen LogP contribution is -2.37. The fourth-order valence-electron chi connectivity index (χ4n) is 2.47. The van der Waals surface area contributed by atoms with E-state index in [4.69, 9.17) is 5.26 Å². The summed E-state index contributed by atoms with van der Waals surface area (Å²) < 4.78 is 0. The predicted molar refractivity (Wildman–Crippen MR) is 42.9 cm³/mol. The lowest BCUT2D eigenvalue weighted by molar-refractivity contribution is 0.304. The summed E-state index contributed by atoms with van der Waals surface area (Å²) in [6.07, 6.45) is 5.93. The molecule has 1 N–H and O–H groups in total. The fraction of sp³-hybridized carbons (Fsp3) is 0.889. The van der Waals surface area contributed by atoms with Gasteiger partial charge in [-0.15, -0.1) is 0 Å². The lowest BCUT2D eigenvalue weighted by Gasteiger charge is -2.27. The third-order valence-electron chi connectivity index (χ3n) is 2.95. The van der Waals surface area contributed by atoms with Gasteiger partial charge in [0.2, 0.25) is 0 Å². The van der Waals surface area contributed by atoms with Crippen molar-refractivity contribution < 1.29 is 0 Å². The second-order valence-electron chi connectivity index (χ2n) is 3.84. The standard InChI is InChI=1S/C9H14N2/c10-4-3-7-5-8-1-2-9(6-7)11-8/h7-9,11H,1-3,5-6H2/t7?,8-,9+. The summed E-state index contributed by atoms with van der Waals surface area (Å²) in [5.74, 6) is 0.693. The van der Waals surface area contributed by atoms with Crippen molar-refractivity contribution in [3.8, 4) is 6.07 Å². The zero-order valence-corrected chi connectivity index (χ0v) is 6.71. The van der Waals surface area contributed by atoms with E-state index in [2.05, 4.69) is 11.4 Å². The highest BCUT2D eigenvalue weighted by Gasteiger charge is 2.32. The van der Waals surface area contributed by atoms with Crippen LogP contribution in [0.15, 0.2) is 0 Å². The summed E-state index contributed by atoms with van der Waals surface area (Å²) in [5.41, 5.74) is 0. The fourth-order valence-corrected chi connectivity index (χ4v) is 2.47. The molecule has 11 heavy (non-hydrogen) atoms. The number of nitrogens with zero attached hydrogens (tertiary/aromatic N) is 1. The molecule has 2 heterocycles. The first-order chi connectivity index (χ1) is 5.38. The van der Waals surface area contributed by atoms with Gasteiger partial charge in [0.25, 0.3) is 0 Å². The Morgan fingerprint density at radius 2 is 1.91 bits per heavy atom. The zero-order chi connectivity index (χ0) is 7.68. The predicted octanol–water partition coefficient (Wildman–Crippen LogP) is 1.43. The van der Waals surface area contributed by atoms with Gasteiger partial charge in [0, 0.05) is 18.5 Å². The Morgan fingerprint density at radius 3 is 2.45 bits per heavy atom. The average molecular weight is 150 g/mol. The van der Waals surface area contributed by atoms with Crippen molar-refractivity contribution in [1.29, 1.82) is 5.26 Å². The maximum atomic E-state index is 8.54. The molecule has 60 valence electrons. The molecule has 3 atom stereocenters. The van der Waals surface area contributed by atoms with Crippen LogP contribution in [0, 0.1) is 17.2 Å². The number of piperidine rings is 1. The molecule has 0 spiro atoms. The molecule has 2 fully saturated rings. The molecule has 0 aromatic heterocycles. The SMILES string of the molecule is N#CCC1C[C@H]2CC[C@@H](C1)N2. The molecule has 2 bridgehead atoms. The van der Waals surface area contributed by atoms with Crippen LogP contribution in [-0.4, -0.2) is 12.1 Å². The van der Waals surface area contributed by atoms with E-state index in [1.807, 2.05) is 0 Å². The van der Waals surface area contributed by atoms with Gasteiger partial charge < -0.3 is 5.32 Å². The Labute approximate surface area is 67.6 Å². The van der Waals surface area contributed by atoms with Gasteiger partial charge in [-0.3, -0.25) is 0 Å². The van der Waals surface area contributed by atoms with Crippen LogP contribution < -0.4 is 5.32 Å². The number of nitriles is 1. The monoisotopic (exact) mass is 150 g/mol. The minimum atomic E-state index is 0.693. The summed E-state index contributed by atoms with van der Waals surface area (Å²) >= 11 is 0. The first kappa shape index (κ1) is 7.12. The van der Waals surface area contributed by atoms with Crippen molar-refractivity contribution in [2.45, 2.75) is 44.2 Å². The van der Waals surface area contributed by atoms with E-state index in [1.165, 1.54) is 25.7 Å². The number of hydrogen-bond acceptors (Lipinski definition) is 2. The van der Waals surface area contributed by atoms with Crippen LogP contribution in [0.5, 0.6) is 0 Å². The van der Waals surface area contributed by atoms with Crippen LogP contribution >= 0.6 is 0 Å². The minimum absolute atomic E-state index is 0.693. The van der Waals surface area contributed by atoms with Gasteiger partial charge in [-0.1, -0.05) is 0 Å². The quantitative estimate of drug-likeness (QED) is 0.613. The van der Waals surface area contributed by atoms with E-state index in [9.17, 15) is 0 Å². The first-order valence-electron chi connectivity index (χ1n) is 4.51. The molecule has 0 aromatic rings. The van der Waals surface area contributed by atoms with Crippen LogP contribution in [0.1, 0.15) is 32.1 Å². The van der Waals surface area contributed by atoms with E-state index in [-0.39, 0.29) is 0 Å². The second kappa shape index (κ2) is 2.83. The third kappa shape index (κ3) is 1.39. The summed E-state index contributed by atoms with van der Waals surface area (Å²) in [7, 11) is 0.